The predicted molar refractivity (Wildman–Crippen MR) is 174 cm³/mol. The predicted octanol–water partition coefficient (Wildman–Crippen LogP) is 4.31. The lowest BCUT2D eigenvalue weighted by atomic mass is 10.1. The minimum absolute atomic E-state index is 0. The topological polar surface area (TPSA) is 214 Å². The van der Waals surface area contributed by atoms with Crippen LogP contribution in [0.15, 0.2) is 67.9 Å². The van der Waals surface area contributed by atoms with E-state index in [2.05, 4.69) is 40.0 Å². The van der Waals surface area contributed by atoms with Crippen LogP contribution in [-0.4, -0.2) is 75.7 Å². The van der Waals surface area contributed by atoms with Crippen LogP contribution in [-0.2, 0) is 16.0 Å². The molecule has 1 amide bonds. The Bertz CT molecular complexity index is 2060. The minimum atomic E-state index is -0.603. The summed E-state index contributed by atoms with van der Waals surface area (Å²) in [5, 5.41) is 12.5. The van der Waals surface area contributed by atoms with E-state index in [0.717, 1.165) is 17.5 Å². The van der Waals surface area contributed by atoms with Gasteiger partial charge in [-0.2, -0.15) is 0 Å². The monoisotopic (exact) mass is 678 g/mol. The van der Waals surface area contributed by atoms with Gasteiger partial charge in [-0.25, -0.2) is 43.9 Å². The summed E-state index contributed by atoms with van der Waals surface area (Å²) in [7, 11) is 2.60. The largest absolute Gasteiger partial charge is 0.464 e. The van der Waals surface area contributed by atoms with Crippen molar-refractivity contribution in [3.05, 3.63) is 118 Å². The molecule has 0 fully saturated rings. The van der Waals surface area contributed by atoms with Crippen molar-refractivity contribution in [2.75, 3.05) is 14.2 Å². The van der Waals surface area contributed by atoms with E-state index in [1.807, 2.05) is 6.92 Å². The highest BCUT2D eigenvalue weighted by Crippen LogP contribution is 2.12. The molecule has 0 aliphatic rings. The zero-order chi connectivity index (χ0) is 34.1. The molecule has 6 rings (SSSR count). The first-order chi connectivity index (χ1) is 22.5. The van der Waals surface area contributed by atoms with Crippen LogP contribution in [0.25, 0.3) is 11.3 Å². The number of fused-ring (bicyclic) bond motifs is 2. The molecule has 2 N–H and O–H groups in total. The molecule has 0 bridgehead atoms. The number of rotatable bonds is 6. The average molecular weight is 679 g/mol. The van der Waals surface area contributed by atoms with Gasteiger partial charge in [0.1, 0.15) is 41.8 Å². The summed E-state index contributed by atoms with van der Waals surface area (Å²) in [5.74, 6) is -1.83. The van der Waals surface area contributed by atoms with E-state index in [1.165, 1.54) is 55.9 Å². The SMILES string of the molecule is C.C.COC(=O)c1cc(C(=O)NCc2ccc(F)c(C)c2)nc2cncn12.COC(=O)c1cc(C)nc2cncn12.O=[N+]([O-])c1cnc[nH]1. The van der Waals surface area contributed by atoms with E-state index in [4.69, 9.17) is 4.74 Å². The smallest absolute Gasteiger partial charge is 0.355 e. The Labute approximate surface area is 279 Å². The number of benzene rings is 1. The number of hydrogen-bond acceptors (Lipinski definition) is 12. The Hall–Kier alpha value is -6.59. The van der Waals surface area contributed by atoms with Gasteiger partial charge in [-0.3, -0.25) is 13.6 Å². The molecule has 0 unspecified atom stereocenters. The van der Waals surface area contributed by atoms with Crippen LogP contribution in [0.5, 0.6) is 0 Å². The van der Waals surface area contributed by atoms with Crippen molar-refractivity contribution in [1.82, 2.24) is 44.0 Å². The first-order valence-electron chi connectivity index (χ1n) is 13.5. The third-order valence-corrected chi connectivity index (χ3v) is 6.28. The van der Waals surface area contributed by atoms with Gasteiger partial charge >= 0.3 is 17.8 Å². The number of nitro groups is 1. The number of imidazole rings is 3. The fraction of sp³-hybridized carbons (Fsp3) is 0.226. The lowest BCUT2D eigenvalue weighted by molar-refractivity contribution is -0.389. The van der Waals surface area contributed by atoms with Gasteiger partial charge in [0.15, 0.2) is 17.6 Å². The second-order valence-electron chi connectivity index (χ2n) is 9.50. The Balaban J connectivity index is 0.000000291. The van der Waals surface area contributed by atoms with Crippen LogP contribution in [0.2, 0.25) is 0 Å². The standard InChI is InChI=1S/C17H15FN4O3.C9H9N3O2.C3H3N3O2.2CH4/c1-10-5-11(3-4-12(10)18)7-20-16(23)13-6-14(17(24)25-2)22-9-19-8-15(22)21-13;1-6-3-7(9(13)14-2)12-5-10-4-8(12)11-6;7-6(8)3-1-4-2-5-3;;/h3-6,8-9H,7H2,1-2H3,(H,20,23);3-5H,1-2H3;1-2H,(H,4,5);2*1H4. The summed E-state index contributed by atoms with van der Waals surface area (Å²) in [6, 6.07) is 7.61. The Morgan fingerprint density at radius 1 is 0.898 bits per heavy atom. The molecule has 0 saturated carbocycles. The number of nitrogens with zero attached hydrogens (tertiary/aromatic N) is 8. The average Bonchev–Trinajstić information content (AvgIpc) is 3.86. The quantitative estimate of drug-likeness (QED) is 0.143. The van der Waals surface area contributed by atoms with Crippen molar-refractivity contribution in [2.45, 2.75) is 35.2 Å². The fourth-order valence-corrected chi connectivity index (χ4v) is 4.03. The van der Waals surface area contributed by atoms with E-state index < -0.39 is 22.8 Å². The van der Waals surface area contributed by atoms with Crippen molar-refractivity contribution in [3.63, 3.8) is 0 Å². The van der Waals surface area contributed by atoms with Gasteiger partial charge in [-0.15, -0.1) is 0 Å². The second-order valence-corrected chi connectivity index (χ2v) is 9.50. The molecule has 0 radical (unpaired) electrons. The molecular formula is C31H35FN10O7. The van der Waals surface area contributed by atoms with Crippen molar-refractivity contribution < 1.29 is 33.2 Å². The first-order valence-corrected chi connectivity index (χ1v) is 13.5. The highest BCUT2D eigenvalue weighted by Gasteiger charge is 2.17. The van der Waals surface area contributed by atoms with Crippen molar-refractivity contribution >= 4 is 35.0 Å². The van der Waals surface area contributed by atoms with Crippen LogP contribution in [0, 0.1) is 29.8 Å². The molecule has 6 aromatic rings. The lowest BCUT2D eigenvalue weighted by Gasteiger charge is -2.08. The van der Waals surface area contributed by atoms with Crippen molar-refractivity contribution in [1.29, 1.82) is 0 Å². The van der Waals surface area contributed by atoms with E-state index in [1.54, 1.807) is 35.7 Å². The Morgan fingerprint density at radius 3 is 2.00 bits per heavy atom. The van der Waals surface area contributed by atoms with Gasteiger partial charge < -0.3 is 24.9 Å². The van der Waals surface area contributed by atoms with Crippen LogP contribution in [0.3, 0.4) is 0 Å². The molecule has 0 aliphatic heterocycles. The highest BCUT2D eigenvalue weighted by molar-refractivity contribution is 5.96. The van der Waals surface area contributed by atoms with Gasteiger partial charge in [0, 0.05) is 18.3 Å². The molecule has 18 heteroatoms. The number of aryl methyl sites for hydroxylation is 2. The summed E-state index contributed by atoms with van der Waals surface area (Å²) in [6.45, 7) is 3.68. The number of hydrogen-bond donors (Lipinski definition) is 2. The number of aromatic nitrogens is 8. The zero-order valence-corrected chi connectivity index (χ0v) is 25.4. The summed E-state index contributed by atoms with van der Waals surface area (Å²) < 4.78 is 25.7. The molecule has 0 aliphatic carbocycles. The number of aromatic amines is 1. The summed E-state index contributed by atoms with van der Waals surface area (Å²) >= 11 is 0. The number of methoxy groups -OCH3 is 2. The van der Waals surface area contributed by atoms with E-state index in [-0.39, 0.29) is 44.4 Å². The van der Waals surface area contributed by atoms with Crippen LogP contribution in [0.4, 0.5) is 10.2 Å². The molecule has 0 spiro atoms. The number of amides is 1. The van der Waals surface area contributed by atoms with Gasteiger partial charge in [0.25, 0.3) is 5.91 Å². The number of carbonyl (C=O) groups excluding carboxylic acids is 3. The summed E-state index contributed by atoms with van der Waals surface area (Å²) in [5.41, 5.74) is 3.66. The van der Waals surface area contributed by atoms with Gasteiger partial charge in [0.2, 0.25) is 0 Å². The van der Waals surface area contributed by atoms with Gasteiger partial charge in [-0.1, -0.05) is 27.0 Å². The number of H-pyrrole nitrogens is 1. The maximum absolute atomic E-state index is 13.3. The highest BCUT2D eigenvalue weighted by atomic mass is 19.1. The maximum Gasteiger partial charge on any atom is 0.355 e. The number of carbonyl (C=O) groups is 3. The normalized spacial score (nSPS) is 9.90. The second kappa shape index (κ2) is 17.4. The Kier molecular flexibility index (Phi) is 13.7. The van der Waals surface area contributed by atoms with Gasteiger partial charge in [0.05, 0.1) is 26.6 Å². The molecule has 0 saturated heterocycles. The number of ether oxygens (including phenoxy) is 2. The van der Waals surface area contributed by atoms with Crippen LogP contribution in [0.1, 0.15) is 63.1 Å². The molecule has 17 nitrogen and oxygen atoms in total. The fourth-order valence-electron chi connectivity index (χ4n) is 4.03. The van der Waals surface area contributed by atoms with Crippen molar-refractivity contribution in [2.24, 2.45) is 0 Å². The van der Waals surface area contributed by atoms with E-state index in [0.29, 0.717) is 22.6 Å². The third-order valence-electron chi connectivity index (χ3n) is 6.28. The van der Waals surface area contributed by atoms with E-state index >= 15 is 0 Å². The van der Waals surface area contributed by atoms with Gasteiger partial charge in [-0.05, 0) is 42.0 Å². The van der Waals surface area contributed by atoms with Crippen LogP contribution >= 0.6 is 0 Å². The first kappa shape index (κ1) is 38.6. The molecule has 0 atom stereocenters. The minimum Gasteiger partial charge on any atom is -0.464 e. The number of nitrogens with one attached hydrogen (secondary N) is 2. The summed E-state index contributed by atoms with van der Waals surface area (Å²) in [6.07, 6.45) is 8.40. The molecule has 5 aromatic heterocycles. The van der Waals surface area contributed by atoms with E-state index in [9.17, 15) is 28.9 Å². The maximum atomic E-state index is 13.3. The zero-order valence-electron chi connectivity index (χ0n) is 25.4. The Morgan fingerprint density at radius 2 is 1.49 bits per heavy atom. The third kappa shape index (κ3) is 9.47. The molecule has 49 heavy (non-hydrogen) atoms. The molecular weight excluding hydrogens is 643 g/mol. The molecule has 1 aromatic carbocycles. The molecule has 5 heterocycles. The number of esters is 2. The lowest BCUT2D eigenvalue weighted by Crippen LogP contribution is -2.25. The molecule has 258 valence electrons. The van der Waals surface area contributed by atoms with Crippen molar-refractivity contribution in [3.8, 4) is 0 Å². The summed E-state index contributed by atoms with van der Waals surface area (Å²) in [4.78, 5) is 66.9. The van der Waals surface area contributed by atoms with Crippen LogP contribution < -0.4 is 5.32 Å². The number of halogens is 1.